The summed E-state index contributed by atoms with van der Waals surface area (Å²) in [5.74, 6) is 0.703. The number of hydrogen-bond acceptors (Lipinski definition) is 4. The lowest BCUT2D eigenvalue weighted by Gasteiger charge is -2.21. The van der Waals surface area contributed by atoms with E-state index in [0.29, 0.717) is 13.2 Å². The van der Waals surface area contributed by atoms with Gasteiger partial charge in [-0.1, -0.05) is 19.1 Å². The summed E-state index contributed by atoms with van der Waals surface area (Å²) in [4.78, 5) is 12.4. The Morgan fingerprint density at radius 2 is 2.18 bits per heavy atom. The van der Waals surface area contributed by atoms with Crippen LogP contribution < -0.4 is 4.74 Å². The second-order valence-electron chi connectivity index (χ2n) is 6.09. The molecule has 1 aliphatic carbocycles. The molecule has 1 unspecified atom stereocenters. The van der Waals surface area contributed by atoms with E-state index in [1.807, 2.05) is 13.0 Å². The predicted molar refractivity (Wildman–Crippen MR) is 83.2 cm³/mol. The topological polar surface area (TPSA) is 44.8 Å². The third-order valence-electron chi connectivity index (χ3n) is 4.57. The van der Waals surface area contributed by atoms with Gasteiger partial charge in [-0.25, -0.2) is 0 Å². The molecule has 1 aliphatic heterocycles. The number of esters is 1. The minimum atomic E-state index is -0.490. The summed E-state index contributed by atoms with van der Waals surface area (Å²) >= 11 is 0. The van der Waals surface area contributed by atoms with Crippen molar-refractivity contribution < 1.29 is 19.0 Å². The Hall–Kier alpha value is -1.55. The highest BCUT2D eigenvalue weighted by atomic mass is 16.5. The Bertz CT molecular complexity index is 542. The number of carbonyl (C=O) groups excluding carboxylic acids is 1. The van der Waals surface area contributed by atoms with Crippen LogP contribution in [0.1, 0.15) is 44.2 Å². The predicted octanol–water partition coefficient (Wildman–Crippen LogP) is 3.01. The lowest BCUT2D eigenvalue weighted by Crippen LogP contribution is -2.25. The number of hydrogen-bond donors (Lipinski definition) is 0. The Morgan fingerprint density at radius 3 is 2.77 bits per heavy atom. The largest absolute Gasteiger partial charge is 0.488 e. The van der Waals surface area contributed by atoms with Crippen molar-refractivity contribution in [3.63, 3.8) is 0 Å². The van der Waals surface area contributed by atoms with Crippen molar-refractivity contribution in [1.29, 1.82) is 0 Å². The molecule has 4 heteroatoms. The quantitative estimate of drug-likeness (QED) is 0.758. The van der Waals surface area contributed by atoms with Gasteiger partial charge in [0.1, 0.15) is 11.9 Å². The molecule has 0 radical (unpaired) electrons. The molecule has 0 spiro atoms. The van der Waals surface area contributed by atoms with E-state index in [-0.39, 0.29) is 12.1 Å². The Labute approximate surface area is 131 Å². The molecular formula is C18H24O4. The van der Waals surface area contributed by atoms with Crippen LogP contribution in [0.3, 0.4) is 0 Å². The van der Waals surface area contributed by atoms with E-state index in [4.69, 9.17) is 14.2 Å². The molecule has 1 aromatic rings. The minimum Gasteiger partial charge on any atom is -0.488 e. The number of aryl methyl sites for hydroxylation is 1. The number of carbonyl (C=O) groups is 1. The van der Waals surface area contributed by atoms with Crippen LogP contribution in [0.5, 0.6) is 5.75 Å². The smallest absolute Gasteiger partial charge is 0.316 e. The summed E-state index contributed by atoms with van der Waals surface area (Å²) in [7, 11) is 0. The van der Waals surface area contributed by atoms with Crippen LogP contribution in [0.2, 0.25) is 0 Å². The zero-order valence-electron chi connectivity index (χ0n) is 13.4. The van der Waals surface area contributed by atoms with Gasteiger partial charge in [-0.3, -0.25) is 4.79 Å². The molecule has 2 fully saturated rings. The van der Waals surface area contributed by atoms with Crippen LogP contribution in [0, 0.1) is 0 Å². The van der Waals surface area contributed by atoms with E-state index >= 15 is 0 Å². The molecule has 0 bridgehead atoms. The van der Waals surface area contributed by atoms with E-state index in [1.54, 1.807) is 0 Å². The maximum Gasteiger partial charge on any atom is 0.316 e. The van der Waals surface area contributed by atoms with Crippen LogP contribution in [0.4, 0.5) is 0 Å². The van der Waals surface area contributed by atoms with Crippen molar-refractivity contribution in [2.24, 2.45) is 0 Å². The van der Waals surface area contributed by atoms with E-state index in [2.05, 4.69) is 19.1 Å². The first-order valence-corrected chi connectivity index (χ1v) is 8.24. The lowest BCUT2D eigenvalue weighted by atomic mass is 9.92. The Balaban J connectivity index is 1.91. The molecule has 22 heavy (non-hydrogen) atoms. The number of rotatable bonds is 6. The summed E-state index contributed by atoms with van der Waals surface area (Å²) in [5, 5.41) is 0. The SMILES string of the molecule is CCOC(=O)C1(c2cc(CC)ccc2OC2CCOC2)CC1. The Kier molecular flexibility index (Phi) is 4.39. The first-order valence-electron chi connectivity index (χ1n) is 8.24. The molecule has 1 aromatic carbocycles. The van der Waals surface area contributed by atoms with Gasteiger partial charge in [0.2, 0.25) is 0 Å². The molecule has 1 heterocycles. The van der Waals surface area contributed by atoms with Crippen LogP contribution in [-0.2, 0) is 26.1 Å². The molecular weight excluding hydrogens is 280 g/mol. The highest BCUT2D eigenvalue weighted by Gasteiger charge is 2.54. The summed E-state index contributed by atoms with van der Waals surface area (Å²) in [6.07, 6.45) is 3.62. The monoisotopic (exact) mass is 304 g/mol. The van der Waals surface area contributed by atoms with Crippen molar-refractivity contribution in [3.8, 4) is 5.75 Å². The summed E-state index contributed by atoms with van der Waals surface area (Å²) in [6, 6.07) is 6.21. The highest BCUT2D eigenvalue weighted by Crippen LogP contribution is 2.52. The van der Waals surface area contributed by atoms with Gasteiger partial charge in [0.05, 0.1) is 25.2 Å². The molecule has 0 N–H and O–H groups in total. The van der Waals surface area contributed by atoms with Crippen LogP contribution in [-0.4, -0.2) is 31.9 Å². The average molecular weight is 304 g/mol. The van der Waals surface area contributed by atoms with Gasteiger partial charge in [-0.15, -0.1) is 0 Å². The van der Waals surface area contributed by atoms with Gasteiger partial charge in [0.25, 0.3) is 0 Å². The molecule has 1 atom stereocenters. The van der Waals surface area contributed by atoms with Gasteiger partial charge >= 0.3 is 5.97 Å². The van der Waals surface area contributed by atoms with Gasteiger partial charge in [-0.05, 0) is 37.8 Å². The van der Waals surface area contributed by atoms with Crippen molar-refractivity contribution >= 4 is 5.97 Å². The van der Waals surface area contributed by atoms with Gasteiger partial charge in [0, 0.05) is 12.0 Å². The standard InChI is InChI=1S/C18H24O4/c1-3-13-5-6-16(22-14-7-10-20-12-14)15(11-13)18(8-9-18)17(19)21-4-2/h5-6,11,14H,3-4,7-10,12H2,1-2H3. The fraction of sp³-hybridized carbons (Fsp3) is 0.611. The third-order valence-corrected chi connectivity index (χ3v) is 4.57. The highest BCUT2D eigenvalue weighted by molar-refractivity contribution is 5.87. The van der Waals surface area contributed by atoms with E-state index in [1.165, 1.54) is 5.56 Å². The van der Waals surface area contributed by atoms with Crippen LogP contribution in [0.15, 0.2) is 18.2 Å². The zero-order chi connectivity index (χ0) is 15.6. The van der Waals surface area contributed by atoms with E-state index in [0.717, 1.165) is 43.6 Å². The average Bonchev–Trinajstić information content (AvgIpc) is 3.19. The molecule has 2 aliphatic rings. The fourth-order valence-electron chi connectivity index (χ4n) is 3.04. The van der Waals surface area contributed by atoms with E-state index < -0.39 is 5.41 Å². The molecule has 0 amide bonds. The molecule has 4 nitrogen and oxygen atoms in total. The third kappa shape index (κ3) is 2.84. The molecule has 120 valence electrons. The molecule has 1 saturated carbocycles. The summed E-state index contributed by atoms with van der Waals surface area (Å²) in [6.45, 7) is 5.76. The lowest BCUT2D eigenvalue weighted by molar-refractivity contribution is -0.146. The first-order chi connectivity index (χ1) is 10.7. The number of benzene rings is 1. The van der Waals surface area contributed by atoms with Crippen LogP contribution in [0.25, 0.3) is 0 Å². The molecule has 0 aromatic heterocycles. The maximum absolute atomic E-state index is 12.4. The second-order valence-corrected chi connectivity index (χ2v) is 6.09. The number of ether oxygens (including phenoxy) is 3. The molecule has 3 rings (SSSR count). The van der Waals surface area contributed by atoms with Crippen molar-refractivity contribution in [2.75, 3.05) is 19.8 Å². The first kappa shape index (κ1) is 15.3. The second kappa shape index (κ2) is 6.29. The normalized spacial score (nSPS) is 22.4. The fourth-order valence-corrected chi connectivity index (χ4v) is 3.04. The van der Waals surface area contributed by atoms with Gasteiger partial charge in [-0.2, -0.15) is 0 Å². The molecule has 1 saturated heterocycles. The Morgan fingerprint density at radius 1 is 1.36 bits per heavy atom. The minimum absolute atomic E-state index is 0.0872. The summed E-state index contributed by atoms with van der Waals surface area (Å²) < 4.78 is 16.8. The van der Waals surface area contributed by atoms with Gasteiger partial charge in [0.15, 0.2) is 0 Å². The zero-order valence-corrected chi connectivity index (χ0v) is 13.4. The van der Waals surface area contributed by atoms with Crippen molar-refractivity contribution in [3.05, 3.63) is 29.3 Å². The summed E-state index contributed by atoms with van der Waals surface area (Å²) in [5.41, 5.74) is 1.73. The van der Waals surface area contributed by atoms with Crippen LogP contribution >= 0.6 is 0 Å². The van der Waals surface area contributed by atoms with Gasteiger partial charge < -0.3 is 14.2 Å². The van der Waals surface area contributed by atoms with Crippen molar-refractivity contribution in [1.82, 2.24) is 0 Å². The van der Waals surface area contributed by atoms with E-state index in [9.17, 15) is 4.79 Å². The van der Waals surface area contributed by atoms with Crippen molar-refractivity contribution in [2.45, 2.75) is 51.0 Å². The maximum atomic E-state index is 12.4.